The third kappa shape index (κ3) is 2.72. The lowest BCUT2D eigenvalue weighted by Gasteiger charge is -2.17. The molecule has 3 aromatic rings. The molecular formula is C21H18O2. The van der Waals surface area contributed by atoms with Gasteiger partial charge in [-0.15, -0.1) is 0 Å². The summed E-state index contributed by atoms with van der Waals surface area (Å²) in [5, 5.41) is 4.44. The normalized spacial score (nSPS) is 17.5. The fourth-order valence-corrected chi connectivity index (χ4v) is 3.23. The first-order valence-corrected chi connectivity index (χ1v) is 8.09. The SMILES string of the molecule is O=C(Oc1cccc2cc3ccccc3cc12)C1CC=CCC1. The molecule has 114 valence electrons. The van der Waals surface area contributed by atoms with Gasteiger partial charge in [0.1, 0.15) is 5.75 Å². The van der Waals surface area contributed by atoms with Crippen LogP contribution in [0.2, 0.25) is 0 Å². The molecule has 0 saturated heterocycles. The molecule has 2 nitrogen and oxygen atoms in total. The molecule has 1 aliphatic carbocycles. The number of allylic oxidation sites excluding steroid dienone is 2. The first kappa shape index (κ1) is 14.0. The van der Waals surface area contributed by atoms with Crippen LogP contribution in [-0.2, 0) is 4.79 Å². The van der Waals surface area contributed by atoms with E-state index in [0.717, 1.165) is 35.4 Å². The average Bonchev–Trinajstić information content (AvgIpc) is 2.61. The number of rotatable bonds is 2. The summed E-state index contributed by atoms with van der Waals surface area (Å²) in [5.41, 5.74) is 0. The zero-order valence-corrected chi connectivity index (χ0v) is 12.9. The highest BCUT2D eigenvalue weighted by Crippen LogP contribution is 2.31. The fraction of sp³-hybridized carbons (Fsp3) is 0.190. The van der Waals surface area contributed by atoms with E-state index in [1.165, 1.54) is 5.39 Å². The van der Waals surface area contributed by atoms with Crippen LogP contribution in [0, 0.1) is 5.92 Å². The van der Waals surface area contributed by atoms with Crippen LogP contribution < -0.4 is 4.74 Å². The van der Waals surface area contributed by atoms with Gasteiger partial charge in [-0.25, -0.2) is 0 Å². The fourth-order valence-electron chi connectivity index (χ4n) is 3.23. The minimum Gasteiger partial charge on any atom is -0.426 e. The number of esters is 1. The number of ether oxygens (including phenoxy) is 1. The van der Waals surface area contributed by atoms with Gasteiger partial charge in [0.2, 0.25) is 0 Å². The number of benzene rings is 3. The molecule has 0 spiro atoms. The van der Waals surface area contributed by atoms with Crippen molar-refractivity contribution in [2.75, 3.05) is 0 Å². The monoisotopic (exact) mass is 302 g/mol. The Balaban J connectivity index is 1.73. The molecule has 0 aliphatic heterocycles. The van der Waals surface area contributed by atoms with Crippen molar-refractivity contribution in [1.82, 2.24) is 0 Å². The van der Waals surface area contributed by atoms with Crippen LogP contribution in [-0.4, -0.2) is 5.97 Å². The van der Waals surface area contributed by atoms with Gasteiger partial charge in [-0.1, -0.05) is 48.6 Å². The Morgan fingerprint density at radius 1 is 0.913 bits per heavy atom. The van der Waals surface area contributed by atoms with Gasteiger partial charge in [0, 0.05) is 5.39 Å². The molecule has 1 atom stereocenters. The largest absolute Gasteiger partial charge is 0.426 e. The molecule has 3 aromatic carbocycles. The van der Waals surface area contributed by atoms with Crippen molar-refractivity contribution in [2.24, 2.45) is 5.92 Å². The quantitative estimate of drug-likeness (QED) is 0.279. The zero-order chi connectivity index (χ0) is 15.6. The molecule has 0 heterocycles. The number of hydrogen-bond acceptors (Lipinski definition) is 2. The summed E-state index contributed by atoms with van der Waals surface area (Å²) >= 11 is 0. The lowest BCUT2D eigenvalue weighted by molar-refractivity contribution is -0.139. The summed E-state index contributed by atoms with van der Waals surface area (Å²) in [7, 11) is 0. The Morgan fingerprint density at radius 2 is 1.70 bits per heavy atom. The number of fused-ring (bicyclic) bond motifs is 2. The first-order chi connectivity index (χ1) is 11.3. The maximum atomic E-state index is 12.4. The predicted octanol–water partition coefficient (Wildman–Crippen LogP) is 5.25. The number of hydrogen-bond donors (Lipinski definition) is 0. The topological polar surface area (TPSA) is 26.3 Å². The van der Waals surface area contributed by atoms with Crippen LogP contribution in [0.15, 0.2) is 66.7 Å². The van der Waals surface area contributed by atoms with E-state index in [1.807, 2.05) is 24.3 Å². The van der Waals surface area contributed by atoms with Crippen molar-refractivity contribution in [2.45, 2.75) is 19.3 Å². The van der Waals surface area contributed by atoms with E-state index in [-0.39, 0.29) is 11.9 Å². The zero-order valence-electron chi connectivity index (χ0n) is 12.9. The summed E-state index contributed by atoms with van der Waals surface area (Å²) in [6.07, 6.45) is 6.83. The van der Waals surface area contributed by atoms with Crippen molar-refractivity contribution in [3.05, 3.63) is 66.7 Å². The molecule has 0 bridgehead atoms. The summed E-state index contributed by atoms with van der Waals surface area (Å²) in [6, 6.07) is 18.4. The van der Waals surface area contributed by atoms with Crippen molar-refractivity contribution in [3.63, 3.8) is 0 Å². The van der Waals surface area contributed by atoms with Crippen LogP contribution in [0.5, 0.6) is 5.75 Å². The van der Waals surface area contributed by atoms with Gasteiger partial charge in [0.15, 0.2) is 0 Å². The average molecular weight is 302 g/mol. The Kier molecular flexibility index (Phi) is 3.58. The van der Waals surface area contributed by atoms with Crippen LogP contribution in [0.4, 0.5) is 0 Å². The number of carbonyl (C=O) groups excluding carboxylic acids is 1. The second-order valence-corrected chi connectivity index (χ2v) is 6.08. The molecule has 0 fully saturated rings. The summed E-state index contributed by atoms with van der Waals surface area (Å²) in [5.74, 6) is 0.526. The van der Waals surface area contributed by atoms with E-state index in [0.29, 0.717) is 5.75 Å². The van der Waals surface area contributed by atoms with Gasteiger partial charge in [0.05, 0.1) is 5.92 Å². The van der Waals surface area contributed by atoms with E-state index in [9.17, 15) is 4.79 Å². The van der Waals surface area contributed by atoms with Gasteiger partial charge in [-0.2, -0.15) is 0 Å². The maximum Gasteiger partial charge on any atom is 0.314 e. The van der Waals surface area contributed by atoms with Crippen molar-refractivity contribution < 1.29 is 9.53 Å². The van der Waals surface area contributed by atoms with E-state index >= 15 is 0 Å². The number of carbonyl (C=O) groups is 1. The minimum absolute atomic E-state index is 0.0179. The minimum atomic E-state index is -0.116. The summed E-state index contributed by atoms with van der Waals surface area (Å²) in [6.45, 7) is 0. The third-order valence-electron chi connectivity index (χ3n) is 4.52. The highest BCUT2D eigenvalue weighted by atomic mass is 16.5. The smallest absolute Gasteiger partial charge is 0.314 e. The van der Waals surface area contributed by atoms with E-state index < -0.39 is 0 Å². The molecule has 0 saturated carbocycles. The van der Waals surface area contributed by atoms with Crippen LogP contribution >= 0.6 is 0 Å². The molecule has 4 rings (SSSR count). The standard InChI is InChI=1S/C21H18O2/c22-21(15-7-2-1-3-8-15)23-20-12-6-11-18-13-16-9-4-5-10-17(16)14-19(18)20/h1-2,4-6,9-15H,3,7-8H2. The highest BCUT2D eigenvalue weighted by Gasteiger charge is 2.21. The molecule has 0 N–H and O–H groups in total. The molecule has 0 amide bonds. The van der Waals surface area contributed by atoms with Crippen LogP contribution in [0.1, 0.15) is 19.3 Å². The molecule has 0 aromatic heterocycles. The lowest BCUT2D eigenvalue weighted by Crippen LogP contribution is -2.21. The van der Waals surface area contributed by atoms with Crippen molar-refractivity contribution in [3.8, 4) is 5.75 Å². The van der Waals surface area contributed by atoms with Crippen LogP contribution in [0.25, 0.3) is 21.5 Å². The molecular weight excluding hydrogens is 284 g/mol. The van der Waals surface area contributed by atoms with Crippen molar-refractivity contribution in [1.29, 1.82) is 0 Å². The van der Waals surface area contributed by atoms with Gasteiger partial charge < -0.3 is 4.74 Å². The molecule has 1 aliphatic rings. The molecule has 2 heteroatoms. The lowest BCUT2D eigenvalue weighted by atomic mass is 9.94. The third-order valence-corrected chi connectivity index (χ3v) is 4.52. The Morgan fingerprint density at radius 3 is 2.48 bits per heavy atom. The second-order valence-electron chi connectivity index (χ2n) is 6.08. The van der Waals surface area contributed by atoms with Crippen molar-refractivity contribution >= 4 is 27.5 Å². The summed E-state index contributed by atoms with van der Waals surface area (Å²) in [4.78, 5) is 12.4. The first-order valence-electron chi connectivity index (χ1n) is 8.09. The van der Waals surface area contributed by atoms with E-state index in [4.69, 9.17) is 4.74 Å². The van der Waals surface area contributed by atoms with Gasteiger partial charge in [0.25, 0.3) is 0 Å². The summed E-state index contributed by atoms with van der Waals surface area (Å²) < 4.78 is 5.74. The van der Waals surface area contributed by atoms with E-state index in [2.05, 4.69) is 42.5 Å². The molecule has 23 heavy (non-hydrogen) atoms. The van der Waals surface area contributed by atoms with Gasteiger partial charge in [-0.3, -0.25) is 4.79 Å². The van der Waals surface area contributed by atoms with Gasteiger partial charge >= 0.3 is 5.97 Å². The Bertz CT molecular complexity index is 908. The Hall–Kier alpha value is -2.61. The predicted molar refractivity (Wildman–Crippen MR) is 93.6 cm³/mol. The highest BCUT2D eigenvalue weighted by molar-refractivity contribution is 6.01. The van der Waals surface area contributed by atoms with Crippen LogP contribution in [0.3, 0.4) is 0 Å². The molecule has 0 radical (unpaired) electrons. The van der Waals surface area contributed by atoms with Gasteiger partial charge in [-0.05, 0) is 53.6 Å². The maximum absolute atomic E-state index is 12.4. The second kappa shape index (κ2) is 5.88. The molecule has 1 unspecified atom stereocenters. The Labute approximate surface area is 135 Å². The van der Waals surface area contributed by atoms with E-state index in [1.54, 1.807) is 0 Å².